The van der Waals surface area contributed by atoms with Crippen molar-refractivity contribution >= 4 is 17.2 Å². The minimum Gasteiger partial charge on any atom is -0.335 e. The molecule has 2 unspecified atom stereocenters. The number of rotatable bonds is 3. The minimum absolute atomic E-state index is 0.186. The van der Waals surface area contributed by atoms with Crippen LogP contribution in [0.4, 0.5) is 0 Å². The van der Waals surface area contributed by atoms with Gasteiger partial charge in [-0.3, -0.25) is 4.79 Å². The number of likely N-dealkylation sites (tertiary alicyclic amines) is 1. The zero-order valence-electron chi connectivity index (χ0n) is 11.4. The zero-order valence-corrected chi connectivity index (χ0v) is 12.2. The van der Waals surface area contributed by atoms with Gasteiger partial charge in [-0.05, 0) is 50.8 Å². The van der Waals surface area contributed by atoms with E-state index in [1.165, 1.54) is 10.4 Å². The summed E-state index contributed by atoms with van der Waals surface area (Å²) in [6.07, 6.45) is 2.04. The monoisotopic (exact) mass is 266 g/mol. The summed E-state index contributed by atoms with van der Waals surface area (Å²) in [7, 11) is 0. The van der Waals surface area contributed by atoms with Crippen LogP contribution in [0, 0.1) is 12.8 Å². The first kappa shape index (κ1) is 13.6. The summed E-state index contributed by atoms with van der Waals surface area (Å²) in [6, 6.07) is 2.35. The molecule has 2 N–H and O–H groups in total. The Morgan fingerprint density at radius 1 is 1.61 bits per heavy atom. The topological polar surface area (TPSA) is 46.3 Å². The maximum Gasteiger partial charge on any atom is 0.264 e. The molecule has 1 aliphatic rings. The first-order chi connectivity index (χ1) is 8.56. The normalized spacial score (nSPS) is 23.7. The molecule has 3 nitrogen and oxygen atoms in total. The highest BCUT2D eigenvalue weighted by Crippen LogP contribution is 2.28. The Morgan fingerprint density at radius 2 is 2.33 bits per heavy atom. The third kappa shape index (κ3) is 2.45. The average molecular weight is 266 g/mol. The molecular weight excluding hydrogens is 244 g/mol. The van der Waals surface area contributed by atoms with Crippen molar-refractivity contribution < 1.29 is 4.79 Å². The smallest absolute Gasteiger partial charge is 0.264 e. The van der Waals surface area contributed by atoms with Crippen LogP contribution in [-0.4, -0.2) is 29.9 Å². The summed E-state index contributed by atoms with van der Waals surface area (Å²) in [5.74, 6) is 0.655. The third-order valence-corrected chi connectivity index (χ3v) is 5.18. The Kier molecular flexibility index (Phi) is 4.07. The summed E-state index contributed by atoms with van der Waals surface area (Å²) < 4.78 is 0. The maximum absolute atomic E-state index is 12.5. The Morgan fingerprint density at radius 3 is 2.83 bits per heavy atom. The van der Waals surface area contributed by atoms with E-state index in [9.17, 15) is 4.79 Å². The quantitative estimate of drug-likeness (QED) is 0.913. The van der Waals surface area contributed by atoms with Crippen LogP contribution in [-0.2, 0) is 6.42 Å². The molecule has 2 rings (SSSR count). The Hall–Kier alpha value is -0.870. The van der Waals surface area contributed by atoms with Crippen LogP contribution in [0.2, 0.25) is 0 Å². The van der Waals surface area contributed by atoms with Crippen LogP contribution >= 0.6 is 11.3 Å². The lowest BCUT2D eigenvalue weighted by Gasteiger charge is -2.20. The number of carbonyl (C=O) groups is 1. The van der Waals surface area contributed by atoms with E-state index in [1.807, 2.05) is 11.0 Å². The maximum atomic E-state index is 12.5. The number of hydrogen-bond acceptors (Lipinski definition) is 3. The molecular formula is C14H22N2OS. The number of aryl methyl sites for hydroxylation is 2. The van der Waals surface area contributed by atoms with E-state index in [0.29, 0.717) is 18.5 Å². The number of thiophene rings is 1. The van der Waals surface area contributed by atoms with Gasteiger partial charge in [0.2, 0.25) is 0 Å². The fraction of sp³-hybridized carbons (Fsp3) is 0.643. The van der Waals surface area contributed by atoms with Crippen LogP contribution in [0.5, 0.6) is 0 Å². The van der Waals surface area contributed by atoms with Crippen LogP contribution in [0.15, 0.2) is 6.07 Å². The molecule has 1 aliphatic heterocycles. The summed E-state index contributed by atoms with van der Waals surface area (Å²) in [5.41, 5.74) is 6.96. The summed E-state index contributed by atoms with van der Waals surface area (Å²) in [4.78, 5) is 16.7. The van der Waals surface area contributed by atoms with E-state index in [2.05, 4.69) is 20.8 Å². The molecule has 2 atom stereocenters. The highest BCUT2D eigenvalue weighted by atomic mass is 32.1. The van der Waals surface area contributed by atoms with Gasteiger partial charge in [0.1, 0.15) is 0 Å². The van der Waals surface area contributed by atoms with E-state index in [-0.39, 0.29) is 5.91 Å². The molecule has 0 radical (unpaired) electrons. The van der Waals surface area contributed by atoms with Crippen molar-refractivity contribution in [3.05, 3.63) is 21.4 Å². The second kappa shape index (κ2) is 5.41. The predicted octanol–water partition coefficient (Wildman–Crippen LogP) is 2.43. The van der Waals surface area contributed by atoms with Gasteiger partial charge in [0.05, 0.1) is 4.88 Å². The van der Waals surface area contributed by atoms with E-state index >= 15 is 0 Å². The molecule has 100 valence electrons. The lowest BCUT2D eigenvalue weighted by molar-refractivity contribution is 0.0748. The zero-order chi connectivity index (χ0) is 13.3. The number of carbonyl (C=O) groups excluding carboxylic acids is 1. The Balaban J connectivity index is 2.16. The Bertz CT molecular complexity index is 441. The SMILES string of the molecule is CCc1sc(C(=O)N2CC(CN)CC2C)cc1C. The van der Waals surface area contributed by atoms with Gasteiger partial charge in [0, 0.05) is 17.5 Å². The van der Waals surface area contributed by atoms with Crippen LogP contribution in [0.3, 0.4) is 0 Å². The summed E-state index contributed by atoms with van der Waals surface area (Å²) >= 11 is 1.64. The first-order valence-electron chi connectivity index (χ1n) is 6.67. The molecule has 0 aliphatic carbocycles. The first-order valence-corrected chi connectivity index (χ1v) is 7.48. The highest BCUT2D eigenvalue weighted by molar-refractivity contribution is 7.14. The van der Waals surface area contributed by atoms with Crippen molar-refractivity contribution in [3.8, 4) is 0 Å². The lowest BCUT2D eigenvalue weighted by atomic mass is 10.1. The van der Waals surface area contributed by atoms with Gasteiger partial charge in [-0.25, -0.2) is 0 Å². The average Bonchev–Trinajstić information content (AvgIpc) is 2.91. The van der Waals surface area contributed by atoms with Crippen LogP contribution in [0.25, 0.3) is 0 Å². The summed E-state index contributed by atoms with van der Waals surface area (Å²) in [5, 5.41) is 0. The molecule has 1 aromatic rings. The number of amides is 1. The molecule has 4 heteroatoms. The summed E-state index contributed by atoms with van der Waals surface area (Å²) in [6.45, 7) is 7.83. The molecule has 1 amide bonds. The fourth-order valence-corrected chi connectivity index (χ4v) is 3.78. The van der Waals surface area contributed by atoms with Crippen molar-refractivity contribution in [2.24, 2.45) is 11.7 Å². The third-order valence-electron chi connectivity index (χ3n) is 3.81. The van der Waals surface area contributed by atoms with Gasteiger partial charge >= 0.3 is 0 Å². The fourth-order valence-electron chi connectivity index (χ4n) is 2.71. The molecule has 1 saturated heterocycles. The minimum atomic E-state index is 0.186. The lowest BCUT2D eigenvalue weighted by Crippen LogP contribution is -2.33. The molecule has 18 heavy (non-hydrogen) atoms. The standard InChI is InChI=1S/C14H22N2OS/c1-4-12-9(2)5-13(18-12)14(17)16-8-11(7-15)6-10(16)3/h5,10-11H,4,6-8,15H2,1-3H3. The molecule has 0 saturated carbocycles. The van der Waals surface area contributed by atoms with Crippen LogP contribution in [0.1, 0.15) is 40.4 Å². The Labute approximate surface area is 113 Å². The van der Waals surface area contributed by atoms with Gasteiger partial charge in [-0.1, -0.05) is 6.92 Å². The van der Waals surface area contributed by atoms with Gasteiger partial charge < -0.3 is 10.6 Å². The van der Waals surface area contributed by atoms with Crippen molar-refractivity contribution in [1.29, 1.82) is 0 Å². The molecule has 2 heterocycles. The van der Waals surface area contributed by atoms with Crippen LogP contribution < -0.4 is 5.73 Å². The number of nitrogens with zero attached hydrogens (tertiary/aromatic N) is 1. The van der Waals surface area contributed by atoms with Crippen molar-refractivity contribution in [1.82, 2.24) is 4.90 Å². The van der Waals surface area contributed by atoms with Gasteiger partial charge in [0.25, 0.3) is 5.91 Å². The second-order valence-corrected chi connectivity index (χ2v) is 6.35. The van der Waals surface area contributed by atoms with Gasteiger partial charge in [0.15, 0.2) is 0 Å². The largest absolute Gasteiger partial charge is 0.335 e. The molecule has 0 bridgehead atoms. The highest BCUT2D eigenvalue weighted by Gasteiger charge is 2.32. The molecule has 0 spiro atoms. The molecule has 1 aromatic heterocycles. The number of nitrogens with two attached hydrogens (primary N) is 1. The van der Waals surface area contributed by atoms with Gasteiger partial charge in [-0.2, -0.15) is 0 Å². The second-order valence-electron chi connectivity index (χ2n) is 5.21. The van der Waals surface area contributed by atoms with Gasteiger partial charge in [-0.15, -0.1) is 11.3 Å². The van der Waals surface area contributed by atoms with E-state index in [0.717, 1.165) is 24.3 Å². The van der Waals surface area contributed by atoms with Crippen molar-refractivity contribution in [2.45, 2.75) is 39.7 Å². The van der Waals surface area contributed by atoms with E-state index in [4.69, 9.17) is 5.73 Å². The molecule has 1 fully saturated rings. The van der Waals surface area contributed by atoms with E-state index < -0.39 is 0 Å². The predicted molar refractivity (Wildman–Crippen MR) is 76.1 cm³/mol. The van der Waals surface area contributed by atoms with Crippen molar-refractivity contribution in [3.63, 3.8) is 0 Å². The number of hydrogen-bond donors (Lipinski definition) is 1. The molecule has 0 aromatic carbocycles. The van der Waals surface area contributed by atoms with E-state index in [1.54, 1.807) is 11.3 Å². The van der Waals surface area contributed by atoms with Crippen molar-refractivity contribution in [2.75, 3.05) is 13.1 Å².